The Bertz CT molecular complexity index is 299. The number of hydrogen-bond donors (Lipinski definition) is 1. The summed E-state index contributed by atoms with van der Waals surface area (Å²) in [4.78, 5) is 0. The molecular formula is C6H10F3N5S. The molecule has 0 unspecified atom stereocenters. The van der Waals surface area contributed by atoms with Crippen LogP contribution >= 0.6 is 11.8 Å². The summed E-state index contributed by atoms with van der Waals surface area (Å²) in [6.07, 6.45) is -4.16. The van der Waals surface area contributed by atoms with Crippen molar-refractivity contribution in [3.05, 3.63) is 0 Å². The summed E-state index contributed by atoms with van der Waals surface area (Å²) in [6, 6.07) is 0. The van der Waals surface area contributed by atoms with Crippen molar-refractivity contribution in [3.8, 4) is 0 Å². The second-order valence-corrected chi connectivity index (χ2v) is 3.79. The molecule has 5 nitrogen and oxygen atoms in total. The third-order valence-corrected chi connectivity index (χ3v) is 2.43. The Hall–Kier alpha value is -0.830. The maximum Gasteiger partial charge on any atom is 0.401 e. The van der Waals surface area contributed by atoms with E-state index < -0.39 is 12.7 Å². The molecule has 0 radical (unpaired) electrons. The highest BCUT2D eigenvalue weighted by molar-refractivity contribution is 7.99. The van der Waals surface area contributed by atoms with Crippen LogP contribution in [-0.4, -0.2) is 45.2 Å². The van der Waals surface area contributed by atoms with Gasteiger partial charge in [-0.15, -0.1) is 5.10 Å². The second-order valence-electron chi connectivity index (χ2n) is 2.73. The van der Waals surface area contributed by atoms with Gasteiger partial charge in [0.15, 0.2) is 0 Å². The molecular weight excluding hydrogens is 231 g/mol. The lowest BCUT2D eigenvalue weighted by atomic mass is 10.6. The Morgan fingerprint density at radius 2 is 2.20 bits per heavy atom. The molecule has 0 spiro atoms. The lowest BCUT2D eigenvalue weighted by Gasteiger charge is -2.06. The fourth-order valence-corrected chi connectivity index (χ4v) is 1.53. The first kappa shape index (κ1) is 12.2. The van der Waals surface area contributed by atoms with Crippen molar-refractivity contribution in [2.45, 2.75) is 11.3 Å². The summed E-state index contributed by atoms with van der Waals surface area (Å²) >= 11 is 1.30. The molecule has 1 rings (SSSR count). The molecule has 0 aromatic carbocycles. The zero-order valence-electron chi connectivity index (χ0n) is 7.95. The zero-order chi connectivity index (χ0) is 11.3. The van der Waals surface area contributed by atoms with Gasteiger partial charge in [-0.3, -0.25) is 0 Å². The standard InChI is InChI=1S/C6H10F3N5S/c1-14-5(11-12-13-14)15-3-2-10-4-6(7,8)9/h10H,2-4H2,1H3. The normalized spacial score (nSPS) is 12.0. The third kappa shape index (κ3) is 4.98. The van der Waals surface area contributed by atoms with Gasteiger partial charge in [-0.2, -0.15) is 13.2 Å². The van der Waals surface area contributed by atoms with Crippen molar-refractivity contribution in [3.63, 3.8) is 0 Å². The van der Waals surface area contributed by atoms with Gasteiger partial charge in [0.25, 0.3) is 0 Å². The highest BCUT2D eigenvalue weighted by Crippen LogP contribution is 2.13. The predicted octanol–water partition coefficient (Wildman–Crippen LogP) is 0.454. The summed E-state index contributed by atoms with van der Waals surface area (Å²) in [5.74, 6) is 0.490. The molecule has 0 aliphatic carbocycles. The Labute approximate surface area is 88.4 Å². The Morgan fingerprint density at radius 1 is 1.47 bits per heavy atom. The molecule has 15 heavy (non-hydrogen) atoms. The minimum absolute atomic E-state index is 0.261. The minimum Gasteiger partial charge on any atom is -0.308 e. The van der Waals surface area contributed by atoms with Crippen molar-refractivity contribution in [2.24, 2.45) is 7.05 Å². The van der Waals surface area contributed by atoms with E-state index in [1.165, 1.54) is 16.4 Å². The summed E-state index contributed by atoms with van der Waals surface area (Å²) in [7, 11) is 1.67. The van der Waals surface area contributed by atoms with E-state index in [9.17, 15) is 13.2 Å². The van der Waals surface area contributed by atoms with E-state index in [0.717, 1.165) is 0 Å². The van der Waals surface area contributed by atoms with Gasteiger partial charge in [0.05, 0.1) is 6.54 Å². The van der Waals surface area contributed by atoms with Crippen molar-refractivity contribution in [2.75, 3.05) is 18.8 Å². The van der Waals surface area contributed by atoms with Crippen molar-refractivity contribution < 1.29 is 13.2 Å². The van der Waals surface area contributed by atoms with Crippen LogP contribution in [0.5, 0.6) is 0 Å². The van der Waals surface area contributed by atoms with E-state index in [4.69, 9.17) is 0 Å². The molecule has 1 aromatic rings. The van der Waals surface area contributed by atoms with Gasteiger partial charge < -0.3 is 5.32 Å². The lowest BCUT2D eigenvalue weighted by molar-refractivity contribution is -0.124. The first-order valence-corrected chi connectivity index (χ1v) is 5.10. The molecule has 0 saturated carbocycles. The van der Waals surface area contributed by atoms with E-state index in [1.807, 2.05) is 0 Å². The highest BCUT2D eigenvalue weighted by Gasteiger charge is 2.25. The molecule has 0 saturated heterocycles. The van der Waals surface area contributed by atoms with Gasteiger partial charge in [-0.05, 0) is 10.4 Å². The van der Waals surface area contributed by atoms with E-state index in [2.05, 4.69) is 20.8 Å². The highest BCUT2D eigenvalue weighted by atomic mass is 32.2. The van der Waals surface area contributed by atoms with Crippen LogP contribution in [0.1, 0.15) is 0 Å². The van der Waals surface area contributed by atoms with Gasteiger partial charge in [-0.1, -0.05) is 11.8 Å². The first-order chi connectivity index (χ1) is 6.99. The van der Waals surface area contributed by atoms with E-state index in [0.29, 0.717) is 10.9 Å². The number of aryl methyl sites for hydroxylation is 1. The molecule has 86 valence electrons. The van der Waals surface area contributed by atoms with Crippen LogP contribution in [0.4, 0.5) is 13.2 Å². The zero-order valence-corrected chi connectivity index (χ0v) is 8.77. The number of thioether (sulfide) groups is 1. The van der Waals surface area contributed by atoms with E-state index in [1.54, 1.807) is 7.05 Å². The molecule has 0 bridgehead atoms. The topological polar surface area (TPSA) is 55.6 Å². The number of aromatic nitrogens is 4. The molecule has 9 heteroatoms. The van der Waals surface area contributed by atoms with Crippen LogP contribution in [-0.2, 0) is 7.05 Å². The first-order valence-electron chi connectivity index (χ1n) is 4.11. The maximum absolute atomic E-state index is 11.7. The molecule has 1 N–H and O–H groups in total. The Kier molecular flexibility index (Phi) is 4.33. The molecule has 0 aliphatic heterocycles. The van der Waals surface area contributed by atoms with Crippen LogP contribution in [0.2, 0.25) is 0 Å². The van der Waals surface area contributed by atoms with Gasteiger partial charge in [0.2, 0.25) is 5.16 Å². The summed E-state index contributed by atoms with van der Waals surface area (Å²) in [5, 5.41) is 13.5. The third-order valence-electron chi connectivity index (χ3n) is 1.42. The van der Waals surface area contributed by atoms with Crippen molar-refractivity contribution in [1.29, 1.82) is 0 Å². The van der Waals surface area contributed by atoms with Crippen LogP contribution < -0.4 is 5.32 Å². The Morgan fingerprint density at radius 3 is 2.73 bits per heavy atom. The smallest absolute Gasteiger partial charge is 0.308 e. The predicted molar refractivity (Wildman–Crippen MR) is 48.4 cm³/mol. The van der Waals surface area contributed by atoms with Crippen LogP contribution in [0, 0.1) is 0 Å². The molecule has 1 aromatic heterocycles. The average Bonchev–Trinajstić information content (AvgIpc) is 2.49. The van der Waals surface area contributed by atoms with Crippen LogP contribution in [0.3, 0.4) is 0 Å². The SMILES string of the molecule is Cn1nnnc1SCCNCC(F)(F)F. The fraction of sp³-hybridized carbons (Fsp3) is 0.833. The van der Waals surface area contributed by atoms with Crippen molar-refractivity contribution in [1.82, 2.24) is 25.5 Å². The van der Waals surface area contributed by atoms with Gasteiger partial charge in [0.1, 0.15) is 0 Å². The monoisotopic (exact) mass is 241 g/mol. The number of nitrogens with one attached hydrogen (secondary N) is 1. The molecule has 0 amide bonds. The number of hydrogen-bond acceptors (Lipinski definition) is 5. The molecule has 0 fully saturated rings. The van der Waals surface area contributed by atoms with Crippen LogP contribution in [0.25, 0.3) is 0 Å². The molecule has 0 aliphatic rings. The quantitative estimate of drug-likeness (QED) is 0.599. The molecule has 1 heterocycles. The summed E-state index contributed by atoms with van der Waals surface area (Å²) < 4.78 is 36.6. The second kappa shape index (κ2) is 5.31. The maximum atomic E-state index is 11.7. The number of rotatable bonds is 5. The number of halogens is 3. The average molecular weight is 241 g/mol. The van der Waals surface area contributed by atoms with E-state index in [-0.39, 0.29) is 6.54 Å². The van der Waals surface area contributed by atoms with Crippen molar-refractivity contribution >= 4 is 11.8 Å². The summed E-state index contributed by atoms with van der Waals surface area (Å²) in [5.41, 5.74) is 0. The van der Waals surface area contributed by atoms with Gasteiger partial charge >= 0.3 is 6.18 Å². The lowest BCUT2D eigenvalue weighted by Crippen LogP contribution is -2.30. The number of tetrazole rings is 1. The van der Waals surface area contributed by atoms with E-state index >= 15 is 0 Å². The number of alkyl halides is 3. The summed E-state index contributed by atoms with van der Waals surface area (Å²) in [6.45, 7) is -0.707. The Balaban J connectivity index is 2.10. The van der Waals surface area contributed by atoms with Crippen LogP contribution in [0.15, 0.2) is 5.16 Å². The van der Waals surface area contributed by atoms with Gasteiger partial charge in [0, 0.05) is 19.3 Å². The minimum atomic E-state index is -4.16. The fourth-order valence-electron chi connectivity index (χ4n) is 0.788. The largest absolute Gasteiger partial charge is 0.401 e. The van der Waals surface area contributed by atoms with Gasteiger partial charge in [-0.25, -0.2) is 4.68 Å². The molecule has 0 atom stereocenters. The number of nitrogens with zero attached hydrogens (tertiary/aromatic N) is 4.